The molecule has 6 nitrogen and oxygen atoms in total. The van der Waals surface area contributed by atoms with E-state index in [1.54, 1.807) is 0 Å². The molecule has 0 aromatic carbocycles. The Morgan fingerprint density at radius 1 is 1.05 bits per heavy atom. The zero-order chi connectivity index (χ0) is 17.3. The van der Waals surface area contributed by atoms with Crippen LogP contribution in [0.2, 0.25) is 0 Å². The maximum Gasteiger partial charge on any atom is 0.485 e. The van der Waals surface area contributed by atoms with Crippen LogP contribution in [-0.2, 0) is 31.1 Å². The topological polar surface area (TPSA) is 112 Å². The van der Waals surface area contributed by atoms with Crippen molar-refractivity contribution in [3.63, 3.8) is 0 Å². The van der Waals surface area contributed by atoms with Crippen LogP contribution < -0.4 is 0 Å². The largest absolute Gasteiger partial charge is 0.741 e. The van der Waals surface area contributed by atoms with E-state index in [4.69, 9.17) is 17.5 Å². The second-order valence-corrected chi connectivity index (χ2v) is 9.52. The van der Waals surface area contributed by atoms with Gasteiger partial charge in [-0.25, -0.2) is 8.42 Å². The third-order valence-electron chi connectivity index (χ3n) is 2.19. The van der Waals surface area contributed by atoms with E-state index in [1.165, 1.54) is 11.5 Å². The van der Waals surface area contributed by atoms with E-state index in [0.29, 0.717) is 17.3 Å². The Labute approximate surface area is 126 Å². The molecule has 0 fully saturated rings. The fourth-order valence-electron chi connectivity index (χ4n) is 1.08. The zero-order valence-corrected chi connectivity index (χ0v) is 14.0. The Bertz CT molecular complexity index is 467. The Hall–Kier alpha value is -0.0400. The fraction of sp³-hybridized carbons (Fsp3) is 1.00. The maximum absolute atomic E-state index is 10.7. The van der Waals surface area contributed by atoms with Crippen molar-refractivity contribution in [2.45, 2.75) is 32.2 Å². The first-order valence-electron chi connectivity index (χ1n) is 5.86. The molecule has 0 radical (unpaired) electrons. The Morgan fingerprint density at radius 2 is 1.43 bits per heavy atom. The van der Waals surface area contributed by atoms with Crippen LogP contribution in [0.5, 0.6) is 0 Å². The second kappa shape index (κ2) is 9.87. The van der Waals surface area contributed by atoms with Gasteiger partial charge >= 0.3 is 5.51 Å². The van der Waals surface area contributed by atoms with E-state index in [0.717, 1.165) is 12.2 Å². The highest BCUT2D eigenvalue weighted by atomic mass is 32.2. The minimum Gasteiger partial charge on any atom is -0.741 e. The summed E-state index contributed by atoms with van der Waals surface area (Å²) in [7, 11) is -9.37. The lowest BCUT2D eigenvalue weighted by Crippen LogP contribution is -2.21. The van der Waals surface area contributed by atoms with Gasteiger partial charge in [0.2, 0.25) is 0 Å². The summed E-state index contributed by atoms with van der Waals surface area (Å²) in [5.74, 6) is 3.38. The molecule has 0 aromatic rings. The van der Waals surface area contributed by atoms with E-state index in [1.807, 2.05) is 0 Å². The van der Waals surface area contributed by atoms with Crippen LogP contribution in [0.1, 0.15) is 26.7 Å². The third kappa shape index (κ3) is 14.7. The average Bonchev–Trinajstić information content (AvgIpc) is 2.26. The maximum atomic E-state index is 10.7. The molecule has 0 aromatic heterocycles. The summed E-state index contributed by atoms with van der Waals surface area (Å²) < 4.78 is 88.1. The lowest BCUT2D eigenvalue weighted by atomic mass is 10.4. The van der Waals surface area contributed by atoms with Gasteiger partial charge in [0.25, 0.3) is 10.1 Å². The van der Waals surface area contributed by atoms with E-state index >= 15 is 0 Å². The van der Waals surface area contributed by atoms with Gasteiger partial charge in [-0.3, -0.25) is 4.55 Å². The molecule has 0 aliphatic heterocycles. The molecule has 0 rings (SSSR count). The average molecular weight is 376 g/mol. The summed E-state index contributed by atoms with van der Waals surface area (Å²) in [4.78, 5) is 0. The summed E-state index contributed by atoms with van der Waals surface area (Å²) in [6.45, 7) is 4.32. The summed E-state index contributed by atoms with van der Waals surface area (Å²) in [5, 5.41) is 0. The first-order valence-corrected chi connectivity index (χ1v) is 10.6. The predicted octanol–water partition coefficient (Wildman–Crippen LogP) is 1.36. The molecule has 0 unspecified atom stereocenters. The van der Waals surface area contributed by atoms with Crippen molar-refractivity contribution in [2.75, 3.05) is 23.0 Å². The molecule has 0 atom stereocenters. The van der Waals surface area contributed by atoms with Crippen LogP contribution in [0.15, 0.2) is 0 Å². The van der Waals surface area contributed by atoms with E-state index < -0.39 is 25.7 Å². The highest BCUT2D eigenvalue weighted by Crippen LogP contribution is 2.20. The summed E-state index contributed by atoms with van der Waals surface area (Å²) in [6, 6.07) is 0. The molecule has 0 aliphatic carbocycles. The van der Waals surface area contributed by atoms with Crippen molar-refractivity contribution in [1.29, 1.82) is 0 Å². The van der Waals surface area contributed by atoms with E-state index in [9.17, 15) is 21.6 Å². The van der Waals surface area contributed by atoms with Gasteiger partial charge in [0, 0.05) is 0 Å². The van der Waals surface area contributed by atoms with E-state index in [2.05, 4.69) is 13.8 Å². The van der Waals surface area contributed by atoms with Crippen molar-refractivity contribution in [2.24, 2.45) is 0 Å². The van der Waals surface area contributed by atoms with E-state index in [-0.39, 0.29) is 5.75 Å². The molecular weight excluding hydrogens is 357 g/mol. The molecule has 0 aliphatic rings. The van der Waals surface area contributed by atoms with Crippen molar-refractivity contribution in [3.05, 3.63) is 0 Å². The summed E-state index contributed by atoms with van der Waals surface area (Å²) >= 11 is 0. The lowest BCUT2D eigenvalue weighted by molar-refractivity contribution is -0.0517. The number of hydrogen-bond donors (Lipinski definition) is 1. The van der Waals surface area contributed by atoms with Crippen molar-refractivity contribution >= 4 is 31.1 Å². The van der Waals surface area contributed by atoms with Gasteiger partial charge in [0.05, 0.1) is 5.75 Å². The number of unbranched alkanes of at least 4 members (excludes halogenated alkanes) is 1. The normalized spacial score (nSPS) is 13.0. The SMILES string of the molecule is CC[S+](CC)CCCCS(=O)(=O)O.O=S(=O)([O-])C(F)(F)F. The van der Waals surface area contributed by atoms with Crippen molar-refractivity contribution in [1.82, 2.24) is 0 Å². The van der Waals surface area contributed by atoms with Crippen molar-refractivity contribution in [3.8, 4) is 0 Å². The lowest BCUT2D eigenvalue weighted by Gasteiger charge is -2.08. The molecule has 0 amide bonds. The Kier molecular flexibility index (Phi) is 10.9. The van der Waals surface area contributed by atoms with Crippen molar-refractivity contribution < 1.29 is 39.1 Å². The predicted molar refractivity (Wildman–Crippen MR) is 74.7 cm³/mol. The molecule has 0 bridgehead atoms. The second-order valence-electron chi connectivity index (χ2n) is 3.79. The number of hydrogen-bond acceptors (Lipinski definition) is 5. The molecule has 0 saturated heterocycles. The zero-order valence-electron chi connectivity index (χ0n) is 11.6. The van der Waals surface area contributed by atoms with Gasteiger partial charge in [-0.1, -0.05) is 0 Å². The quantitative estimate of drug-likeness (QED) is 0.311. The number of halogens is 3. The molecule has 21 heavy (non-hydrogen) atoms. The summed E-state index contributed by atoms with van der Waals surface area (Å²) in [5.41, 5.74) is -5.65. The standard InChI is InChI=1S/C8H18O3S2.CHF3O3S/c1-3-12(4-2)7-5-6-8-13(9,10)11;2-1(3,4)8(5,6)7/h3-8H2,1-2H3;(H,5,6,7). The monoisotopic (exact) mass is 376 g/mol. The smallest absolute Gasteiger partial charge is 0.485 e. The molecular formula is C9H19F3O6S3. The van der Waals surface area contributed by atoms with Crippen LogP contribution in [0.25, 0.3) is 0 Å². The third-order valence-corrected chi connectivity index (χ3v) is 6.06. The van der Waals surface area contributed by atoms with Gasteiger partial charge in [-0.15, -0.1) is 0 Å². The van der Waals surface area contributed by atoms with Crippen LogP contribution in [0.3, 0.4) is 0 Å². The molecule has 0 saturated carbocycles. The molecule has 12 heteroatoms. The van der Waals surface area contributed by atoms with Gasteiger partial charge in [-0.2, -0.15) is 21.6 Å². The highest BCUT2D eigenvalue weighted by molar-refractivity contribution is 7.96. The minimum atomic E-state index is -6.09. The van der Waals surface area contributed by atoms with Gasteiger partial charge in [0.1, 0.15) is 17.3 Å². The van der Waals surface area contributed by atoms with Crippen LogP contribution >= 0.6 is 0 Å². The first kappa shape index (κ1) is 23.2. The first-order chi connectivity index (χ1) is 9.24. The Balaban J connectivity index is 0. The van der Waals surface area contributed by atoms with Gasteiger partial charge in [-0.05, 0) is 37.6 Å². The molecule has 0 heterocycles. The molecule has 1 N–H and O–H groups in total. The van der Waals surface area contributed by atoms with Crippen LogP contribution in [-0.4, -0.2) is 54.5 Å². The highest BCUT2D eigenvalue weighted by Gasteiger charge is 2.36. The van der Waals surface area contributed by atoms with Crippen LogP contribution in [0.4, 0.5) is 13.2 Å². The molecule has 130 valence electrons. The van der Waals surface area contributed by atoms with Gasteiger partial charge < -0.3 is 4.55 Å². The summed E-state index contributed by atoms with van der Waals surface area (Å²) in [6.07, 6.45) is 1.49. The number of rotatable bonds is 7. The van der Waals surface area contributed by atoms with Gasteiger partial charge in [0.15, 0.2) is 10.1 Å². The molecule has 0 spiro atoms. The number of alkyl halides is 3. The van der Waals surface area contributed by atoms with Crippen LogP contribution in [0, 0.1) is 0 Å². The minimum absolute atomic E-state index is 0.0857. The fourth-order valence-corrected chi connectivity index (χ4v) is 3.25. The Morgan fingerprint density at radius 3 is 1.67 bits per heavy atom.